The topological polar surface area (TPSA) is 242 Å². The minimum absolute atomic E-state index is 0. The van der Waals surface area contributed by atoms with Gasteiger partial charge in [-0.15, -0.1) is 0 Å². The number of benzene rings is 4. The Morgan fingerprint density at radius 2 is 1.26 bits per heavy atom. The quantitative estimate of drug-likeness (QED) is 0.0907. The number of hydrogen-bond acceptors (Lipinski definition) is 10. The Balaban J connectivity index is 0.000000379. The molecule has 2 saturated heterocycles. The van der Waals surface area contributed by atoms with Crippen molar-refractivity contribution in [3.63, 3.8) is 0 Å². The van der Waals surface area contributed by atoms with Crippen molar-refractivity contribution in [1.29, 1.82) is 0 Å². The third kappa shape index (κ3) is 13.0. The van der Waals surface area contributed by atoms with Gasteiger partial charge in [0.2, 0.25) is 19.7 Å². The molecular formula is C39H50Cl2N4O10S2Sn. The van der Waals surface area contributed by atoms with Gasteiger partial charge in [-0.25, -0.2) is 21.6 Å². The van der Waals surface area contributed by atoms with Crippen molar-refractivity contribution >= 4 is 73.9 Å². The number of nitrogens with one attached hydrogen (secondary N) is 1. The number of aryl methyl sites for hydroxylation is 2. The summed E-state index contributed by atoms with van der Waals surface area (Å²) < 4.78 is 56.7. The number of anilines is 1. The van der Waals surface area contributed by atoms with E-state index in [-0.39, 0.29) is 43.3 Å². The molecule has 58 heavy (non-hydrogen) atoms. The van der Waals surface area contributed by atoms with Crippen molar-refractivity contribution in [3.8, 4) is 0 Å². The number of amides is 1. The Morgan fingerprint density at radius 1 is 0.810 bits per heavy atom. The van der Waals surface area contributed by atoms with Crippen LogP contribution in [0.1, 0.15) is 67.7 Å². The molecule has 4 aromatic rings. The van der Waals surface area contributed by atoms with Crippen LogP contribution in [-0.4, -0.2) is 94.4 Å². The molecule has 1 amide bonds. The van der Waals surface area contributed by atoms with Gasteiger partial charge in [0.15, 0.2) is 0 Å². The van der Waals surface area contributed by atoms with Crippen molar-refractivity contribution in [2.75, 3.05) is 31.9 Å². The second-order valence-corrected chi connectivity index (χ2v) is 22.7. The van der Waals surface area contributed by atoms with Crippen molar-refractivity contribution in [2.45, 2.75) is 84.5 Å². The van der Waals surface area contributed by atoms with Crippen LogP contribution < -0.4 is 11.1 Å². The van der Waals surface area contributed by atoms with Crippen LogP contribution in [-0.2, 0) is 24.4 Å². The molecule has 0 aliphatic carbocycles. The summed E-state index contributed by atoms with van der Waals surface area (Å²) >= 11 is -0.826. The molecule has 2 unspecified atom stereocenters. The first-order chi connectivity index (χ1) is 26.3. The third-order valence-corrected chi connectivity index (χ3v) is 13.0. The van der Waals surface area contributed by atoms with Gasteiger partial charge < -0.3 is 31.6 Å². The zero-order chi connectivity index (χ0) is 41.4. The van der Waals surface area contributed by atoms with Crippen LogP contribution in [0.15, 0.2) is 105 Å². The number of halogens is 2. The average molecular weight is 989 g/mol. The maximum atomic E-state index is 12.9. The van der Waals surface area contributed by atoms with E-state index in [1.807, 2.05) is 40.7 Å². The third-order valence-electron chi connectivity index (χ3n) is 9.43. The van der Waals surface area contributed by atoms with E-state index in [4.69, 9.17) is 28.3 Å². The number of sulfone groups is 2. The Morgan fingerprint density at radius 3 is 1.67 bits per heavy atom. The molecule has 4 aromatic carbocycles. The summed E-state index contributed by atoms with van der Waals surface area (Å²) in [6.45, 7) is 12.4. The number of nitrogen functional groups attached to an aromatic ring is 1. The average Bonchev–Trinajstić information content (AvgIpc) is 3.86. The molecule has 2 fully saturated rings. The summed E-state index contributed by atoms with van der Waals surface area (Å²) in [5.74, 6) is 0.580. The van der Waals surface area contributed by atoms with Gasteiger partial charge in [-0.1, -0.05) is 12.1 Å². The van der Waals surface area contributed by atoms with Crippen LogP contribution in [0.2, 0.25) is 0 Å². The summed E-state index contributed by atoms with van der Waals surface area (Å²) in [5.41, 5.74) is 9.54. The molecule has 2 heterocycles. The summed E-state index contributed by atoms with van der Waals surface area (Å²) in [7, 11) is 2.58. The number of nitrogens with zero attached hydrogens (tertiary/aromatic N) is 2. The molecular weight excluding hydrogens is 938 g/mol. The molecule has 2 aliphatic rings. The predicted octanol–water partition coefficient (Wildman–Crippen LogP) is 6.30. The number of carbonyl (C=O) groups excluding carboxylic acids is 1. The van der Waals surface area contributed by atoms with E-state index >= 15 is 0 Å². The van der Waals surface area contributed by atoms with Crippen LogP contribution in [0, 0.1) is 24.0 Å². The zero-order valence-electron chi connectivity index (χ0n) is 32.8. The number of nitro groups is 1. The second kappa shape index (κ2) is 21.7. The van der Waals surface area contributed by atoms with Gasteiger partial charge in [0, 0.05) is 43.4 Å². The van der Waals surface area contributed by atoms with Crippen molar-refractivity contribution < 1.29 is 42.2 Å². The first-order valence-electron chi connectivity index (χ1n) is 17.7. The molecule has 2 aliphatic heterocycles. The van der Waals surface area contributed by atoms with Gasteiger partial charge in [-0.2, -0.15) is 0 Å². The van der Waals surface area contributed by atoms with E-state index in [0.717, 1.165) is 42.6 Å². The van der Waals surface area contributed by atoms with Gasteiger partial charge >= 0.3 is 42.8 Å². The van der Waals surface area contributed by atoms with Crippen molar-refractivity contribution in [3.05, 3.63) is 117 Å². The fourth-order valence-electron chi connectivity index (χ4n) is 6.64. The van der Waals surface area contributed by atoms with Crippen LogP contribution in [0.5, 0.6) is 0 Å². The molecule has 2 radical (unpaired) electrons. The van der Waals surface area contributed by atoms with Crippen molar-refractivity contribution in [2.24, 2.45) is 0 Å². The summed E-state index contributed by atoms with van der Waals surface area (Å²) in [4.78, 5) is 25.0. The van der Waals surface area contributed by atoms with Gasteiger partial charge in [0.25, 0.3) is 5.69 Å². The van der Waals surface area contributed by atoms with Gasteiger partial charge in [0.1, 0.15) is 5.60 Å². The van der Waals surface area contributed by atoms with E-state index in [0.29, 0.717) is 29.6 Å². The van der Waals surface area contributed by atoms with Crippen LogP contribution in [0.3, 0.4) is 0 Å². The molecule has 0 saturated carbocycles. The van der Waals surface area contributed by atoms with E-state index in [1.165, 1.54) is 29.8 Å². The molecule has 0 aromatic heterocycles. The SMILES string of the molecule is Cc1cc(S(=O)(=O)c2ccc(N)cc2)ccc1C1CCNC1.Cc1cc(S(=O)(=O)c2ccc([N+](=O)[O-])cc2)ccc1C1CCN(C(=O)OC(C)(C)C)C1.O.O.[Cl][Sn][Cl]. The molecule has 316 valence electrons. The van der Waals surface area contributed by atoms with Crippen LogP contribution >= 0.6 is 17.8 Å². The Hall–Kier alpha value is -3.49. The second-order valence-electron chi connectivity index (χ2n) is 14.5. The first kappa shape index (κ1) is 50.7. The molecule has 19 heteroatoms. The minimum atomic E-state index is -3.80. The van der Waals surface area contributed by atoms with E-state index in [1.54, 1.807) is 59.5 Å². The molecule has 2 atom stereocenters. The summed E-state index contributed by atoms with van der Waals surface area (Å²) in [5, 5.41) is 14.1. The zero-order valence-corrected chi connectivity index (χ0v) is 38.8. The van der Waals surface area contributed by atoms with E-state index in [9.17, 15) is 31.7 Å². The fourth-order valence-corrected chi connectivity index (χ4v) is 9.33. The Kier molecular flexibility index (Phi) is 18.9. The molecule has 7 N–H and O–H groups in total. The van der Waals surface area contributed by atoms with Crippen molar-refractivity contribution in [1.82, 2.24) is 10.2 Å². The number of ether oxygens (including phenoxy) is 1. The fraction of sp³-hybridized carbons (Fsp3) is 0.359. The molecule has 14 nitrogen and oxygen atoms in total. The Labute approximate surface area is 357 Å². The van der Waals surface area contributed by atoms with Crippen LogP contribution in [0.4, 0.5) is 16.2 Å². The van der Waals surface area contributed by atoms with E-state index in [2.05, 4.69) is 5.32 Å². The van der Waals surface area contributed by atoms with Crippen LogP contribution in [0.25, 0.3) is 0 Å². The molecule has 6 rings (SSSR count). The van der Waals surface area contributed by atoms with Gasteiger partial charge in [-0.3, -0.25) is 10.1 Å². The van der Waals surface area contributed by atoms with Gasteiger partial charge in [0.05, 0.1) is 24.5 Å². The Bertz CT molecular complexity index is 2240. The number of non-ortho nitro benzene ring substituents is 1. The number of nitro benzene ring substituents is 1. The predicted molar refractivity (Wildman–Crippen MR) is 227 cm³/mol. The number of carbonyl (C=O) groups is 1. The number of nitrogens with two attached hydrogens (primary N) is 1. The number of hydrogen-bond donors (Lipinski definition) is 2. The van der Waals surface area contributed by atoms with E-state index < -0.39 is 49.1 Å². The summed E-state index contributed by atoms with van der Waals surface area (Å²) in [6, 6.07) is 21.6. The number of rotatable bonds is 7. The monoisotopic (exact) mass is 988 g/mol. The first-order valence-corrected chi connectivity index (χ1v) is 27.9. The van der Waals surface area contributed by atoms with Gasteiger partial charge in [-0.05, 0) is 143 Å². The summed E-state index contributed by atoms with van der Waals surface area (Å²) in [6.07, 6.45) is 1.53. The normalized spacial score (nSPS) is 16.4. The maximum absolute atomic E-state index is 12.9. The standard InChI is InChI=1S/C22H26N2O6S.C17H20N2O2S.2ClH.2H2O.Sn/c1-15-13-19(31(28,29)18-7-5-17(6-8-18)24(26)27)9-10-20(15)16-11-12-23(14-16)21(25)30-22(2,3)4;1-12-10-16(6-7-17(12)13-8-9-19-11-13)22(20,21)15-4-2-14(18)3-5-15;;;;;/h5-10,13,16H,11-12,14H2,1-4H3;2-7,10,13,19H,8-9,11,18H2,1H3;2*1H;2*1H2;/q;;;;;;+2/p-2. The molecule has 0 spiro atoms. The number of likely N-dealkylation sites (tertiary alicyclic amines) is 1. The molecule has 0 bridgehead atoms.